The Morgan fingerprint density at radius 1 is 1.11 bits per heavy atom. The molecule has 4 rings (SSSR count). The summed E-state index contributed by atoms with van der Waals surface area (Å²) in [4.78, 5) is 41.5. The van der Waals surface area contributed by atoms with E-state index in [4.69, 9.17) is 0 Å². The second-order valence-corrected chi connectivity index (χ2v) is 10.9. The van der Waals surface area contributed by atoms with Gasteiger partial charge in [0.05, 0.1) is 18.1 Å². The van der Waals surface area contributed by atoms with Gasteiger partial charge in [0.15, 0.2) is 0 Å². The van der Waals surface area contributed by atoms with Crippen molar-refractivity contribution < 1.29 is 14.4 Å². The van der Waals surface area contributed by atoms with Crippen molar-refractivity contribution >= 4 is 46.0 Å². The summed E-state index contributed by atoms with van der Waals surface area (Å²) in [7, 11) is 1.72. The molecule has 2 aromatic rings. The number of carbonyl (C=O) groups is 3. The van der Waals surface area contributed by atoms with E-state index in [1.54, 1.807) is 36.8 Å². The van der Waals surface area contributed by atoms with Crippen LogP contribution in [0.1, 0.15) is 39.0 Å². The number of amides is 3. The average molecular weight is 516 g/mol. The van der Waals surface area contributed by atoms with Crippen LogP contribution >= 0.6 is 23.3 Å². The quantitative estimate of drug-likeness (QED) is 0.498. The molecule has 35 heavy (non-hydrogen) atoms. The summed E-state index contributed by atoms with van der Waals surface area (Å²) in [5.74, 6) is 0.473. The van der Waals surface area contributed by atoms with Crippen molar-refractivity contribution in [2.45, 2.75) is 57.2 Å². The highest BCUT2D eigenvalue weighted by atomic mass is 32.2. The zero-order valence-corrected chi connectivity index (χ0v) is 21.8. The lowest BCUT2D eigenvalue weighted by Gasteiger charge is -2.34. The maximum Gasteiger partial charge on any atom is 0.248 e. The fraction of sp³-hybridized carbons (Fsp3) is 0.520. The molecule has 1 aromatic heterocycles. The first-order valence-electron chi connectivity index (χ1n) is 12.2. The van der Waals surface area contributed by atoms with Gasteiger partial charge in [0.1, 0.15) is 17.1 Å². The highest BCUT2D eigenvalue weighted by Crippen LogP contribution is 2.33. The molecule has 0 bridgehead atoms. The van der Waals surface area contributed by atoms with Crippen molar-refractivity contribution in [3.8, 4) is 11.1 Å². The molecule has 2 aliphatic rings. The van der Waals surface area contributed by atoms with E-state index in [1.807, 2.05) is 30.3 Å². The van der Waals surface area contributed by atoms with Crippen molar-refractivity contribution in [3.05, 3.63) is 36.5 Å². The number of rotatable bonds is 8. The van der Waals surface area contributed by atoms with Gasteiger partial charge >= 0.3 is 0 Å². The molecule has 0 radical (unpaired) electrons. The van der Waals surface area contributed by atoms with Gasteiger partial charge in [-0.2, -0.15) is 4.37 Å². The fourth-order valence-corrected chi connectivity index (χ4v) is 6.50. The normalized spacial score (nSPS) is 20.3. The summed E-state index contributed by atoms with van der Waals surface area (Å²) in [5.41, 5.74) is 1.84. The third-order valence-electron chi connectivity index (χ3n) is 6.87. The summed E-state index contributed by atoms with van der Waals surface area (Å²) in [5, 5.41) is 9.64. The van der Waals surface area contributed by atoms with Crippen LogP contribution in [0.25, 0.3) is 11.1 Å². The number of anilines is 1. The van der Waals surface area contributed by atoms with E-state index in [0.29, 0.717) is 16.6 Å². The van der Waals surface area contributed by atoms with Crippen molar-refractivity contribution in [2.24, 2.45) is 5.92 Å². The van der Waals surface area contributed by atoms with Crippen LogP contribution in [0.15, 0.2) is 36.5 Å². The maximum atomic E-state index is 13.8. The summed E-state index contributed by atoms with van der Waals surface area (Å²) < 4.78 is 4.27. The Bertz CT molecular complexity index is 1030. The van der Waals surface area contributed by atoms with E-state index >= 15 is 0 Å². The number of carbonyl (C=O) groups excluding carboxylic acids is 3. The number of hydrogen-bond acceptors (Lipinski definition) is 7. The molecular formula is C25H33N5O3S2. The largest absolute Gasteiger partial charge is 0.343 e. The van der Waals surface area contributed by atoms with Crippen LogP contribution in [0.4, 0.5) is 5.00 Å². The Morgan fingerprint density at radius 2 is 1.86 bits per heavy atom. The zero-order chi connectivity index (χ0) is 24.8. The predicted molar refractivity (Wildman–Crippen MR) is 141 cm³/mol. The van der Waals surface area contributed by atoms with Gasteiger partial charge in [-0.05, 0) is 49.8 Å². The van der Waals surface area contributed by atoms with Gasteiger partial charge in [-0.15, -0.1) is 11.8 Å². The van der Waals surface area contributed by atoms with Gasteiger partial charge < -0.3 is 20.9 Å². The lowest BCUT2D eigenvalue weighted by molar-refractivity contribution is -0.141. The lowest BCUT2D eigenvalue weighted by atomic mass is 9.83. The van der Waals surface area contributed by atoms with E-state index in [0.717, 1.165) is 43.2 Å². The fourth-order valence-electron chi connectivity index (χ4n) is 4.66. The van der Waals surface area contributed by atoms with Gasteiger partial charge in [0, 0.05) is 11.3 Å². The van der Waals surface area contributed by atoms with Crippen LogP contribution in [0, 0.1) is 5.92 Å². The molecule has 1 aromatic carbocycles. The van der Waals surface area contributed by atoms with E-state index in [9.17, 15) is 14.4 Å². The smallest absolute Gasteiger partial charge is 0.248 e. The molecule has 2 heterocycles. The first-order valence-corrected chi connectivity index (χ1v) is 14.1. The molecule has 1 saturated carbocycles. The Kier molecular flexibility index (Phi) is 8.80. The molecule has 8 nitrogen and oxygen atoms in total. The third-order valence-corrected chi connectivity index (χ3v) is 8.60. The molecule has 0 unspecified atom stereocenters. The Morgan fingerprint density at radius 3 is 2.57 bits per heavy atom. The average Bonchev–Trinajstić information content (AvgIpc) is 3.57. The standard InChI is InChI=1S/C25H33N5O3S2/c1-16(26-2)22(31)28-21(18-11-7-4-8-12-18)25(33)30-15-34-14-20(30)23(32)29-24-19(13-27-35-24)17-9-5-3-6-10-17/h3,5-6,9-10,13,16,18,20-21,26H,4,7-8,11-12,14-15H2,1-2H3,(H,28,31)(H,29,32)/t16-,20-,21-/m0/s1. The lowest BCUT2D eigenvalue weighted by Crippen LogP contribution is -2.58. The van der Waals surface area contributed by atoms with Crippen LogP contribution in [-0.4, -0.2) is 63.8 Å². The van der Waals surface area contributed by atoms with E-state index < -0.39 is 18.1 Å². The molecule has 0 spiro atoms. The predicted octanol–water partition coefficient (Wildman–Crippen LogP) is 3.32. The molecule has 3 amide bonds. The molecular weight excluding hydrogens is 482 g/mol. The molecule has 1 aliphatic carbocycles. The minimum Gasteiger partial charge on any atom is -0.343 e. The molecule has 1 aliphatic heterocycles. The highest BCUT2D eigenvalue weighted by molar-refractivity contribution is 7.99. The molecule has 1 saturated heterocycles. The zero-order valence-electron chi connectivity index (χ0n) is 20.2. The van der Waals surface area contributed by atoms with Crippen LogP contribution < -0.4 is 16.0 Å². The number of likely N-dealkylation sites (N-methyl/N-ethyl adjacent to an activating group) is 1. The molecule has 10 heteroatoms. The van der Waals surface area contributed by atoms with Crippen LogP contribution in [0.5, 0.6) is 0 Å². The summed E-state index contributed by atoms with van der Waals surface area (Å²) in [6.07, 6.45) is 6.82. The number of hydrogen-bond donors (Lipinski definition) is 3. The molecule has 2 fully saturated rings. The number of thioether (sulfide) groups is 1. The van der Waals surface area contributed by atoms with Crippen molar-refractivity contribution in [3.63, 3.8) is 0 Å². The maximum absolute atomic E-state index is 13.8. The molecule has 3 atom stereocenters. The van der Waals surface area contributed by atoms with Crippen molar-refractivity contribution in [2.75, 3.05) is 24.0 Å². The number of nitrogens with one attached hydrogen (secondary N) is 3. The van der Waals surface area contributed by atoms with Crippen LogP contribution in [-0.2, 0) is 14.4 Å². The monoisotopic (exact) mass is 515 g/mol. The number of nitrogens with zero attached hydrogens (tertiary/aromatic N) is 2. The van der Waals surface area contributed by atoms with E-state index in [-0.39, 0.29) is 23.6 Å². The van der Waals surface area contributed by atoms with E-state index in [1.165, 1.54) is 11.5 Å². The van der Waals surface area contributed by atoms with Crippen LogP contribution in [0.3, 0.4) is 0 Å². The van der Waals surface area contributed by atoms with E-state index in [2.05, 4.69) is 20.3 Å². The van der Waals surface area contributed by atoms with Gasteiger partial charge in [0.25, 0.3) is 0 Å². The van der Waals surface area contributed by atoms with Gasteiger partial charge in [-0.3, -0.25) is 14.4 Å². The Hall–Kier alpha value is -2.43. The second kappa shape index (κ2) is 12.0. The SMILES string of the molecule is CN[C@@H](C)C(=O)N[C@H](C(=O)N1CSC[C@H]1C(=O)Nc1sncc1-c1ccccc1)C1CCCCC1. The highest BCUT2D eigenvalue weighted by Gasteiger charge is 2.41. The molecule has 188 valence electrons. The van der Waals surface area contributed by atoms with Gasteiger partial charge in [0.2, 0.25) is 17.7 Å². The first kappa shape index (κ1) is 25.7. The van der Waals surface area contributed by atoms with Crippen molar-refractivity contribution in [1.29, 1.82) is 0 Å². The third kappa shape index (κ3) is 6.05. The topological polar surface area (TPSA) is 103 Å². The van der Waals surface area contributed by atoms with Crippen LogP contribution in [0.2, 0.25) is 0 Å². The van der Waals surface area contributed by atoms with Gasteiger partial charge in [-0.1, -0.05) is 49.6 Å². The first-order chi connectivity index (χ1) is 17.0. The minimum absolute atomic E-state index is 0.0877. The summed E-state index contributed by atoms with van der Waals surface area (Å²) in [6, 6.07) is 8.18. The summed E-state index contributed by atoms with van der Waals surface area (Å²) >= 11 is 2.79. The van der Waals surface area contributed by atoms with Crippen molar-refractivity contribution in [1.82, 2.24) is 19.9 Å². The Balaban J connectivity index is 1.50. The second-order valence-electron chi connectivity index (χ2n) is 9.14. The number of aromatic nitrogens is 1. The number of benzene rings is 1. The minimum atomic E-state index is -0.615. The van der Waals surface area contributed by atoms with Gasteiger partial charge in [-0.25, -0.2) is 0 Å². The Labute approximate surface area is 214 Å². The summed E-state index contributed by atoms with van der Waals surface area (Å²) in [6.45, 7) is 1.78. The molecule has 3 N–H and O–H groups in total.